The second-order valence-electron chi connectivity index (χ2n) is 4.80. The van der Waals surface area contributed by atoms with Gasteiger partial charge in [0.05, 0.1) is 12.1 Å². The summed E-state index contributed by atoms with van der Waals surface area (Å²) in [6.45, 7) is 4.25. The summed E-state index contributed by atoms with van der Waals surface area (Å²) in [5.41, 5.74) is 0.846. The van der Waals surface area contributed by atoms with Gasteiger partial charge < -0.3 is 10.4 Å². The molecule has 0 aromatic carbocycles. The van der Waals surface area contributed by atoms with Crippen molar-refractivity contribution in [2.45, 2.75) is 39.2 Å². The first-order valence-electron chi connectivity index (χ1n) is 6.51. The fraction of sp³-hybridized carbons (Fsp3) is 0.429. The molecule has 0 spiro atoms. The standard InChI is InChI=1S/C14H18N2O2S2/c1-9(7-12-5-3-10(2)20-12)15-14-16-11(8-19-14)4-6-13(17)18/h3,5,8-9H,4,6-7H2,1-2H3,(H,15,16)(H,17,18). The van der Waals surface area contributed by atoms with E-state index in [1.165, 1.54) is 21.1 Å². The van der Waals surface area contributed by atoms with E-state index in [1.54, 1.807) is 0 Å². The monoisotopic (exact) mass is 310 g/mol. The molecule has 0 saturated carbocycles. The minimum absolute atomic E-state index is 0.132. The van der Waals surface area contributed by atoms with E-state index in [-0.39, 0.29) is 6.42 Å². The molecule has 6 heteroatoms. The molecule has 2 N–H and O–H groups in total. The fourth-order valence-electron chi connectivity index (χ4n) is 1.88. The molecule has 1 atom stereocenters. The number of anilines is 1. The molecule has 2 aromatic heterocycles. The number of nitrogens with one attached hydrogen (secondary N) is 1. The van der Waals surface area contributed by atoms with Gasteiger partial charge in [0.25, 0.3) is 0 Å². The lowest BCUT2D eigenvalue weighted by Crippen LogP contribution is -2.17. The lowest BCUT2D eigenvalue weighted by molar-refractivity contribution is -0.136. The van der Waals surface area contributed by atoms with Gasteiger partial charge in [-0.15, -0.1) is 22.7 Å². The average Bonchev–Trinajstić information content (AvgIpc) is 2.96. The Hall–Kier alpha value is -1.40. The molecule has 4 nitrogen and oxygen atoms in total. The number of aliphatic carboxylic acids is 1. The molecule has 1 unspecified atom stereocenters. The third kappa shape index (κ3) is 4.61. The van der Waals surface area contributed by atoms with Crippen LogP contribution in [0, 0.1) is 6.92 Å². The highest BCUT2D eigenvalue weighted by atomic mass is 32.1. The number of nitrogens with zero attached hydrogens (tertiary/aromatic N) is 1. The van der Waals surface area contributed by atoms with E-state index in [9.17, 15) is 4.79 Å². The number of thiophene rings is 1. The Morgan fingerprint density at radius 1 is 1.50 bits per heavy atom. The molecule has 0 aliphatic heterocycles. The average molecular weight is 310 g/mol. The Kier molecular flexibility index (Phi) is 5.14. The van der Waals surface area contributed by atoms with Gasteiger partial charge in [0.1, 0.15) is 0 Å². The molecule has 0 fully saturated rings. The molecule has 108 valence electrons. The first kappa shape index (κ1) is 15.0. The van der Waals surface area contributed by atoms with E-state index < -0.39 is 5.97 Å². The van der Waals surface area contributed by atoms with Gasteiger partial charge in [-0.3, -0.25) is 4.79 Å². The molecule has 0 aliphatic carbocycles. The molecule has 0 aliphatic rings. The number of rotatable bonds is 7. The van der Waals surface area contributed by atoms with Gasteiger partial charge in [0.2, 0.25) is 0 Å². The van der Waals surface area contributed by atoms with Crippen LogP contribution in [-0.4, -0.2) is 22.1 Å². The van der Waals surface area contributed by atoms with Gasteiger partial charge in [-0.25, -0.2) is 4.98 Å². The Labute approximate surface area is 126 Å². The predicted octanol–water partition coefficient (Wildman–Crippen LogP) is 3.57. The number of hydrogen-bond acceptors (Lipinski definition) is 5. The van der Waals surface area contributed by atoms with Crippen LogP contribution in [-0.2, 0) is 17.6 Å². The van der Waals surface area contributed by atoms with Gasteiger partial charge in [-0.1, -0.05) is 0 Å². The van der Waals surface area contributed by atoms with Crippen molar-refractivity contribution < 1.29 is 9.90 Å². The van der Waals surface area contributed by atoms with Gasteiger partial charge >= 0.3 is 5.97 Å². The summed E-state index contributed by atoms with van der Waals surface area (Å²) >= 11 is 3.35. The number of carboxylic acids is 1. The molecule has 0 amide bonds. The van der Waals surface area contributed by atoms with Crippen LogP contribution in [0.25, 0.3) is 0 Å². The summed E-state index contributed by atoms with van der Waals surface area (Å²) in [6.07, 6.45) is 1.60. The van der Waals surface area contributed by atoms with Crippen LogP contribution in [0.1, 0.15) is 28.8 Å². The SMILES string of the molecule is Cc1ccc(CC(C)Nc2nc(CCC(=O)O)cs2)s1. The topological polar surface area (TPSA) is 62.2 Å². The summed E-state index contributed by atoms with van der Waals surface area (Å²) in [5.74, 6) is -0.783. The maximum atomic E-state index is 10.5. The summed E-state index contributed by atoms with van der Waals surface area (Å²) in [7, 11) is 0. The number of aryl methyl sites for hydroxylation is 2. The number of carboxylic acid groups (broad SMARTS) is 1. The van der Waals surface area contributed by atoms with Crippen molar-refractivity contribution >= 4 is 33.8 Å². The first-order valence-corrected chi connectivity index (χ1v) is 8.20. The van der Waals surface area contributed by atoms with Crippen LogP contribution in [0.4, 0.5) is 5.13 Å². The van der Waals surface area contributed by atoms with Crippen molar-refractivity contribution in [2.75, 3.05) is 5.32 Å². The lowest BCUT2D eigenvalue weighted by atomic mass is 10.2. The van der Waals surface area contributed by atoms with Crippen LogP contribution in [0.15, 0.2) is 17.5 Å². The van der Waals surface area contributed by atoms with E-state index in [4.69, 9.17) is 5.11 Å². The Morgan fingerprint density at radius 2 is 2.30 bits per heavy atom. The highest BCUT2D eigenvalue weighted by molar-refractivity contribution is 7.13. The molecule has 0 bridgehead atoms. The zero-order chi connectivity index (χ0) is 14.5. The second-order valence-corrected chi connectivity index (χ2v) is 7.03. The van der Waals surface area contributed by atoms with Crippen molar-refractivity contribution in [1.29, 1.82) is 0 Å². The number of aromatic nitrogens is 1. The summed E-state index contributed by atoms with van der Waals surface area (Å²) in [5, 5.41) is 14.8. The molecule has 2 rings (SSSR count). The van der Waals surface area contributed by atoms with Crippen molar-refractivity contribution in [3.8, 4) is 0 Å². The third-order valence-electron chi connectivity index (χ3n) is 2.82. The highest BCUT2D eigenvalue weighted by Crippen LogP contribution is 2.21. The molecule has 2 aromatic rings. The quantitative estimate of drug-likeness (QED) is 0.820. The van der Waals surface area contributed by atoms with Crippen LogP contribution in [0.5, 0.6) is 0 Å². The second kappa shape index (κ2) is 6.85. The largest absolute Gasteiger partial charge is 0.481 e. The number of carbonyl (C=O) groups is 1. The van der Waals surface area contributed by atoms with Crippen LogP contribution >= 0.6 is 22.7 Å². The minimum atomic E-state index is -0.783. The van der Waals surface area contributed by atoms with Crippen LogP contribution in [0.2, 0.25) is 0 Å². The van der Waals surface area contributed by atoms with Crippen molar-refractivity contribution in [2.24, 2.45) is 0 Å². The van der Waals surface area contributed by atoms with Gasteiger partial charge in [-0.05, 0) is 26.0 Å². The zero-order valence-corrected chi connectivity index (χ0v) is 13.2. The smallest absolute Gasteiger partial charge is 0.303 e. The molecule has 2 heterocycles. The maximum absolute atomic E-state index is 10.5. The van der Waals surface area contributed by atoms with Gasteiger partial charge in [-0.2, -0.15) is 0 Å². The van der Waals surface area contributed by atoms with Gasteiger partial charge in [0, 0.05) is 34.0 Å². The number of hydrogen-bond donors (Lipinski definition) is 2. The van der Waals surface area contributed by atoms with Crippen molar-refractivity contribution in [3.63, 3.8) is 0 Å². The van der Waals surface area contributed by atoms with E-state index >= 15 is 0 Å². The Morgan fingerprint density at radius 3 is 2.95 bits per heavy atom. The summed E-state index contributed by atoms with van der Waals surface area (Å²) < 4.78 is 0. The molecule has 0 saturated heterocycles. The normalized spacial score (nSPS) is 12.3. The third-order valence-corrected chi connectivity index (χ3v) is 4.67. The number of thiazole rings is 1. The van der Waals surface area contributed by atoms with E-state index in [0.717, 1.165) is 17.2 Å². The van der Waals surface area contributed by atoms with Crippen molar-refractivity contribution in [1.82, 2.24) is 4.98 Å². The first-order chi connectivity index (χ1) is 9.52. The van der Waals surface area contributed by atoms with Gasteiger partial charge in [0.15, 0.2) is 5.13 Å². The molecular weight excluding hydrogens is 292 g/mol. The molecular formula is C14H18N2O2S2. The van der Waals surface area contributed by atoms with Crippen LogP contribution < -0.4 is 5.32 Å². The predicted molar refractivity (Wildman–Crippen MR) is 83.9 cm³/mol. The van der Waals surface area contributed by atoms with Crippen molar-refractivity contribution in [3.05, 3.63) is 33.0 Å². The summed E-state index contributed by atoms with van der Waals surface area (Å²) in [4.78, 5) is 17.6. The molecule has 20 heavy (non-hydrogen) atoms. The highest BCUT2D eigenvalue weighted by Gasteiger charge is 2.09. The zero-order valence-electron chi connectivity index (χ0n) is 11.5. The van der Waals surface area contributed by atoms with E-state index in [0.29, 0.717) is 12.5 Å². The Balaban J connectivity index is 1.84. The van der Waals surface area contributed by atoms with E-state index in [1.807, 2.05) is 16.7 Å². The van der Waals surface area contributed by atoms with Crippen LogP contribution in [0.3, 0.4) is 0 Å². The molecule has 0 radical (unpaired) electrons. The Bertz CT molecular complexity index is 577. The lowest BCUT2D eigenvalue weighted by Gasteiger charge is -2.11. The fourth-order valence-corrected chi connectivity index (χ4v) is 3.76. The maximum Gasteiger partial charge on any atom is 0.303 e. The summed E-state index contributed by atoms with van der Waals surface area (Å²) in [6, 6.07) is 4.62. The minimum Gasteiger partial charge on any atom is -0.481 e. The van der Waals surface area contributed by atoms with E-state index in [2.05, 4.69) is 36.3 Å².